The molecule has 25 heavy (non-hydrogen) atoms. The van der Waals surface area contributed by atoms with Crippen LogP contribution in [0.25, 0.3) is 0 Å². The average Bonchev–Trinajstić information content (AvgIpc) is 2.63. The van der Waals surface area contributed by atoms with Crippen LogP contribution in [0, 0.1) is 0 Å². The molecule has 0 saturated heterocycles. The van der Waals surface area contributed by atoms with E-state index in [0.29, 0.717) is 18.0 Å². The molecule has 7 nitrogen and oxygen atoms in total. The van der Waals surface area contributed by atoms with E-state index in [1.165, 1.54) is 0 Å². The Bertz CT molecular complexity index is 855. The molecule has 0 aliphatic rings. The van der Waals surface area contributed by atoms with Gasteiger partial charge in [-0.15, -0.1) is 0 Å². The Hall–Kier alpha value is -3.45. The van der Waals surface area contributed by atoms with E-state index in [-0.39, 0.29) is 11.6 Å². The number of hydrogen-bond donors (Lipinski definition) is 4. The number of pyridine rings is 1. The van der Waals surface area contributed by atoms with Crippen molar-refractivity contribution >= 4 is 17.3 Å². The normalized spacial score (nSPS) is 10.3. The minimum Gasteiger partial charge on any atom is -0.486 e. The van der Waals surface area contributed by atoms with Crippen LogP contribution >= 0.6 is 0 Å². The fourth-order valence-corrected chi connectivity index (χ4v) is 2.26. The zero-order chi connectivity index (χ0) is 17.6. The van der Waals surface area contributed by atoms with Crippen LogP contribution in [0.3, 0.4) is 0 Å². The second-order valence-electron chi connectivity index (χ2n) is 5.30. The lowest BCUT2D eigenvalue weighted by molar-refractivity contribution is 0.307. The van der Waals surface area contributed by atoms with Crippen molar-refractivity contribution in [3.05, 3.63) is 66.2 Å². The summed E-state index contributed by atoms with van der Waals surface area (Å²) in [5.41, 5.74) is 15.3. The monoisotopic (exact) mass is 337 g/mol. The largest absolute Gasteiger partial charge is 0.486 e. The number of nitrogen functional groups attached to an aromatic ring is 3. The fourth-order valence-electron chi connectivity index (χ4n) is 2.26. The van der Waals surface area contributed by atoms with Crippen LogP contribution in [0.5, 0.6) is 17.2 Å². The molecule has 0 saturated carbocycles. The molecule has 1 heterocycles. The minimum atomic E-state index is 0.262. The predicted octanol–water partition coefficient (Wildman–Crippen LogP) is 2.90. The van der Waals surface area contributed by atoms with E-state index in [2.05, 4.69) is 10.4 Å². The van der Waals surface area contributed by atoms with Gasteiger partial charge in [-0.1, -0.05) is 30.3 Å². The first kappa shape index (κ1) is 16.4. The first-order valence-corrected chi connectivity index (χ1v) is 7.63. The Balaban J connectivity index is 1.72. The van der Waals surface area contributed by atoms with Gasteiger partial charge in [0.15, 0.2) is 5.82 Å². The van der Waals surface area contributed by atoms with E-state index >= 15 is 0 Å². The Labute approximate surface area is 145 Å². The van der Waals surface area contributed by atoms with Crippen LogP contribution in [0.4, 0.5) is 17.3 Å². The zero-order valence-corrected chi connectivity index (χ0v) is 13.5. The number of hydrogen-bond acceptors (Lipinski definition) is 7. The minimum absolute atomic E-state index is 0.262. The van der Waals surface area contributed by atoms with Crippen molar-refractivity contribution in [2.75, 3.05) is 16.9 Å². The van der Waals surface area contributed by atoms with E-state index in [1.807, 2.05) is 54.6 Å². The van der Waals surface area contributed by atoms with Crippen molar-refractivity contribution in [2.24, 2.45) is 5.84 Å². The molecule has 0 atom stereocenters. The van der Waals surface area contributed by atoms with Gasteiger partial charge in [-0.25, -0.2) is 10.8 Å². The Morgan fingerprint density at radius 3 is 2.44 bits per heavy atom. The lowest BCUT2D eigenvalue weighted by atomic mass is 10.2. The number of nitrogens with one attached hydrogen (secondary N) is 1. The number of anilines is 3. The molecule has 0 aliphatic carbocycles. The van der Waals surface area contributed by atoms with Crippen molar-refractivity contribution in [2.45, 2.75) is 6.61 Å². The van der Waals surface area contributed by atoms with Crippen LogP contribution in [-0.4, -0.2) is 4.98 Å². The molecule has 3 rings (SSSR count). The number of benzene rings is 2. The summed E-state index contributed by atoms with van der Waals surface area (Å²) < 4.78 is 11.6. The van der Waals surface area contributed by atoms with Crippen LogP contribution < -0.4 is 32.2 Å². The maximum absolute atomic E-state index is 5.95. The number of nitrogens with zero attached hydrogens (tertiary/aromatic N) is 1. The van der Waals surface area contributed by atoms with Crippen LogP contribution in [0.15, 0.2) is 60.7 Å². The summed E-state index contributed by atoms with van der Waals surface area (Å²) in [6, 6.07) is 18.7. The number of ether oxygens (including phenoxy) is 2. The van der Waals surface area contributed by atoms with Gasteiger partial charge in [-0.05, 0) is 29.8 Å². The summed E-state index contributed by atoms with van der Waals surface area (Å²) in [6.07, 6.45) is 0. The molecule has 0 amide bonds. The fraction of sp³-hybridized carbons (Fsp3) is 0.0556. The summed E-state index contributed by atoms with van der Waals surface area (Å²) >= 11 is 0. The number of aromatic nitrogens is 1. The summed E-state index contributed by atoms with van der Waals surface area (Å²) in [5, 5.41) is 0. The molecule has 7 heteroatoms. The van der Waals surface area contributed by atoms with Gasteiger partial charge in [0.25, 0.3) is 0 Å². The molecule has 3 aromatic rings. The lowest BCUT2D eigenvalue weighted by Gasteiger charge is -2.13. The number of para-hydroxylation sites is 1. The van der Waals surface area contributed by atoms with Gasteiger partial charge in [0.05, 0.1) is 0 Å². The molecule has 0 fully saturated rings. The molecular formula is C18H19N5O2. The quantitative estimate of drug-likeness (QED) is 0.403. The van der Waals surface area contributed by atoms with Gasteiger partial charge in [0.2, 0.25) is 0 Å². The highest BCUT2D eigenvalue weighted by molar-refractivity contribution is 5.71. The standard InChI is InChI=1S/C18H19N5O2/c19-16-10-15(17(20)18(22-16)23-21)24-11-12-5-4-8-14(9-12)25-13-6-2-1-3-7-13/h1-10H,11,20-21H2,(H3,19,22,23). The van der Waals surface area contributed by atoms with Crippen molar-refractivity contribution < 1.29 is 9.47 Å². The highest BCUT2D eigenvalue weighted by atomic mass is 16.5. The summed E-state index contributed by atoms with van der Waals surface area (Å²) in [4.78, 5) is 3.98. The van der Waals surface area contributed by atoms with Gasteiger partial charge in [0, 0.05) is 6.07 Å². The first-order valence-electron chi connectivity index (χ1n) is 7.63. The third-order valence-corrected chi connectivity index (χ3v) is 3.45. The smallest absolute Gasteiger partial charge is 0.169 e. The van der Waals surface area contributed by atoms with Gasteiger partial charge < -0.3 is 26.4 Å². The predicted molar refractivity (Wildman–Crippen MR) is 98.2 cm³/mol. The van der Waals surface area contributed by atoms with Crippen molar-refractivity contribution in [1.29, 1.82) is 0 Å². The molecule has 0 radical (unpaired) electrons. The van der Waals surface area contributed by atoms with Crippen molar-refractivity contribution in [3.63, 3.8) is 0 Å². The third kappa shape index (κ3) is 4.10. The summed E-state index contributed by atoms with van der Waals surface area (Å²) in [7, 11) is 0. The topological polar surface area (TPSA) is 121 Å². The zero-order valence-electron chi connectivity index (χ0n) is 13.5. The molecule has 0 bridgehead atoms. The van der Waals surface area contributed by atoms with Crippen LogP contribution in [0.2, 0.25) is 0 Å². The lowest BCUT2D eigenvalue weighted by Crippen LogP contribution is -2.13. The van der Waals surface area contributed by atoms with E-state index in [1.54, 1.807) is 6.07 Å². The SMILES string of the molecule is NNc1nc(N)cc(OCc2cccc(Oc3ccccc3)c2)c1N. The Kier molecular flexibility index (Phi) is 4.87. The molecule has 1 aromatic heterocycles. The Morgan fingerprint density at radius 1 is 0.920 bits per heavy atom. The molecule has 2 aromatic carbocycles. The third-order valence-electron chi connectivity index (χ3n) is 3.45. The van der Waals surface area contributed by atoms with E-state index in [4.69, 9.17) is 26.8 Å². The molecule has 7 N–H and O–H groups in total. The highest BCUT2D eigenvalue weighted by Crippen LogP contribution is 2.30. The molecule has 0 spiro atoms. The van der Waals surface area contributed by atoms with Gasteiger partial charge in [0.1, 0.15) is 35.4 Å². The van der Waals surface area contributed by atoms with E-state index in [0.717, 1.165) is 17.1 Å². The molecule has 0 aliphatic heterocycles. The molecular weight excluding hydrogens is 318 g/mol. The van der Waals surface area contributed by atoms with E-state index < -0.39 is 0 Å². The van der Waals surface area contributed by atoms with Gasteiger partial charge >= 0.3 is 0 Å². The summed E-state index contributed by atoms with van der Waals surface area (Å²) in [5.74, 6) is 7.81. The number of rotatable bonds is 6. The maximum Gasteiger partial charge on any atom is 0.169 e. The van der Waals surface area contributed by atoms with Gasteiger partial charge in [-0.3, -0.25) is 0 Å². The van der Waals surface area contributed by atoms with Crippen molar-refractivity contribution in [1.82, 2.24) is 4.98 Å². The maximum atomic E-state index is 5.95. The second-order valence-corrected chi connectivity index (χ2v) is 5.30. The molecule has 0 unspecified atom stereocenters. The number of hydrazine groups is 1. The number of nitrogens with two attached hydrogens (primary N) is 3. The van der Waals surface area contributed by atoms with Gasteiger partial charge in [-0.2, -0.15) is 0 Å². The van der Waals surface area contributed by atoms with Crippen LogP contribution in [-0.2, 0) is 6.61 Å². The highest BCUT2D eigenvalue weighted by Gasteiger charge is 2.10. The van der Waals surface area contributed by atoms with E-state index in [9.17, 15) is 0 Å². The molecule has 128 valence electrons. The Morgan fingerprint density at radius 2 is 1.68 bits per heavy atom. The first-order chi connectivity index (χ1) is 12.2. The van der Waals surface area contributed by atoms with Crippen LogP contribution in [0.1, 0.15) is 5.56 Å². The average molecular weight is 337 g/mol. The second kappa shape index (κ2) is 7.41. The van der Waals surface area contributed by atoms with Crippen molar-refractivity contribution in [3.8, 4) is 17.2 Å². The summed E-state index contributed by atoms with van der Waals surface area (Å²) in [6.45, 7) is 0.295.